The first-order chi connectivity index (χ1) is 8.04. The van der Waals surface area contributed by atoms with E-state index in [1.54, 1.807) is 0 Å². The Morgan fingerprint density at radius 1 is 1.47 bits per heavy atom. The van der Waals surface area contributed by atoms with Gasteiger partial charge in [0.15, 0.2) is 0 Å². The SMILES string of the molecule is CC(C)C(O)CNCc1cc(F)ccc1C#N. The molecular weight excluding hydrogens is 219 g/mol. The predicted molar refractivity (Wildman–Crippen MR) is 63.7 cm³/mol. The summed E-state index contributed by atoms with van der Waals surface area (Å²) < 4.78 is 13.0. The number of hydrogen-bond donors (Lipinski definition) is 2. The molecule has 0 aliphatic heterocycles. The summed E-state index contributed by atoms with van der Waals surface area (Å²) in [5.74, 6) is -0.185. The fourth-order valence-corrected chi connectivity index (χ4v) is 1.41. The molecule has 3 nitrogen and oxygen atoms in total. The maximum atomic E-state index is 13.0. The van der Waals surface area contributed by atoms with Gasteiger partial charge in [0.2, 0.25) is 0 Å². The number of halogens is 1. The van der Waals surface area contributed by atoms with E-state index in [1.807, 2.05) is 19.9 Å². The Hall–Kier alpha value is -1.44. The number of rotatable bonds is 5. The van der Waals surface area contributed by atoms with Crippen molar-refractivity contribution in [3.8, 4) is 6.07 Å². The summed E-state index contributed by atoms with van der Waals surface area (Å²) in [5, 5.41) is 21.5. The number of nitrogens with one attached hydrogen (secondary N) is 1. The molecule has 92 valence electrons. The van der Waals surface area contributed by atoms with Crippen molar-refractivity contribution in [1.29, 1.82) is 5.26 Å². The fourth-order valence-electron chi connectivity index (χ4n) is 1.41. The molecule has 0 aliphatic carbocycles. The van der Waals surface area contributed by atoms with Crippen molar-refractivity contribution >= 4 is 0 Å². The third-order valence-electron chi connectivity index (χ3n) is 2.63. The van der Waals surface area contributed by atoms with Gasteiger partial charge in [-0.3, -0.25) is 0 Å². The molecule has 0 saturated carbocycles. The van der Waals surface area contributed by atoms with Gasteiger partial charge in [-0.25, -0.2) is 4.39 Å². The summed E-state index contributed by atoms with van der Waals surface area (Å²) in [6, 6.07) is 6.09. The minimum absolute atomic E-state index is 0.172. The molecule has 0 spiro atoms. The van der Waals surface area contributed by atoms with E-state index in [-0.39, 0.29) is 11.7 Å². The number of nitrogens with zero attached hydrogens (tertiary/aromatic N) is 1. The van der Waals surface area contributed by atoms with Crippen LogP contribution in [-0.4, -0.2) is 17.8 Å². The molecule has 0 aromatic heterocycles. The molecule has 17 heavy (non-hydrogen) atoms. The van der Waals surface area contributed by atoms with Crippen LogP contribution in [0, 0.1) is 23.1 Å². The first kappa shape index (κ1) is 13.6. The lowest BCUT2D eigenvalue weighted by Crippen LogP contribution is -2.30. The van der Waals surface area contributed by atoms with Crippen LogP contribution in [-0.2, 0) is 6.54 Å². The van der Waals surface area contributed by atoms with Crippen molar-refractivity contribution in [2.75, 3.05) is 6.54 Å². The van der Waals surface area contributed by atoms with Gasteiger partial charge >= 0.3 is 0 Å². The summed E-state index contributed by atoms with van der Waals surface area (Å²) in [6.45, 7) is 4.66. The van der Waals surface area contributed by atoms with E-state index in [0.717, 1.165) is 0 Å². The Morgan fingerprint density at radius 2 is 2.18 bits per heavy atom. The van der Waals surface area contributed by atoms with Crippen molar-refractivity contribution in [2.24, 2.45) is 5.92 Å². The van der Waals surface area contributed by atoms with E-state index in [1.165, 1.54) is 18.2 Å². The summed E-state index contributed by atoms with van der Waals surface area (Å²) in [5.41, 5.74) is 1.07. The first-order valence-corrected chi connectivity index (χ1v) is 5.62. The largest absolute Gasteiger partial charge is 0.392 e. The highest BCUT2D eigenvalue weighted by atomic mass is 19.1. The van der Waals surface area contributed by atoms with Crippen molar-refractivity contribution in [3.05, 3.63) is 35.1 Å². The number of hydrogen-bond acceptors (Lipinski definition) is 3. The topological polar surface area (TPSA) is 56.0 Å². The van der Waals surface area contributed by atoms with Crippen molar-refractivity contribution < 1.29 is 9.50 Å². The van der Waals surface area contributed by atoms with E-state index < -0.39 is 6.10 Å². The van der Waals surface area contributed by atoms with Gasteiger partial charge in [0.25, 0.3) is 0 Å². The van der Waals surface area contributed by atoms with Crippen LogP contribution in [0.1, 0.15) is 25.0 Å². The minimum Gasteiger partial charge on any atom is -0.392 e. The second kappa shape index (κ2) is 6.33. The molecule has 0 bridgehead atoms. The Kier molecular flexibility index (Phi) is 5.08. The second-order valence-corrected chi connectivity index (χ2v) is 4.36. The zero-order valence-corrected chi connectivity index (χ0v) is 10.1. The third-order valence-corrected chi connectivity index (χ3v) is 2.63. The third kappa shape index (κ3) is 4.14. The van der Waals surface area contributed by atoms with Gasteiger partial charge in [0.05, 0.1) is 17.7 Å². The summed E-state index contributed by atoms with van der Waals surface area (Å²) in [6.07, 6.45) is -0.436. The molecule has 1 aromatic rings. The molecule has 1 rings (SSSR count). The van der Waals surface area contributed by atoms with E-state index in [4.69, 9.17) is 5.26 Å². The second-order valence-electron chi connectivity index (χ2n) is 4.36. The lowest BCUT2D eigenvalue weighted by Gasteiger charge is -2.15. The molecular formula is C13H17FN2O. The van der Waals surface area contributed by atoms with Gasteiger partial charge in [-0.2, -0.15) is 5.26 Å². The predicted octanol–water partition coefficient (Wildman–Crippen LogP) is 1.80. The molecule has 4 heteroatoms. The van der Waals surface area contributed by atoms with Gasteiger partial charge < -0.3 is 10.4 Å². The number of benzene rings is 1. The molecule has 0 fully saturated rings. The number of aliphatic hydroxyl groups excluding tert-OH is 1. The van der Waals surface area contributed by atoms with Crippen molar-refractivity contribution in [1.82, 2.24) is 5.32 Å². The highest BCUT2D eigenvalue weighted by Crippen LogP contribution is 2.10. The zero-order valence-electron chi connectivity index (χ0n) is 10.1. The maximum absolute atomic E-state index is 13.0. The van der Waals surface area contributed by atoms with Crippen LogP contribution in [0.25, 0.3) is 0 Å². The van der Waals surface area contributed by atoms with Crippen LogP contribution in [0.4, 0.5) is 4.39 Å². The molecule has 0 aliphatic rings. The lowest BCUT2D eigenvalue weighted by molar-refractivity contribution is 0.123. The minimum atomic E-state index is -0.436. The summed E-state index contributed by atoms with van der Waals surface area (Å²) in [7, 11) is 0. The van der Waals surface area contributed by atoms with Crippen molar-refractivity contribution in [3.63, 3.8) is 0 Å². The van der Waals surface area contributed by atoms with E-state index >= 15 is 0 Å². The van der Waals surface area contributed by atoms with Crippen LogP contribution < -0.4 is 5.32 Å². The molecule has 0 heterocycles. The van der Waals surface area contributed by atoms with Gasteiger partial charge in [-0.1, -0.05) is 13.8 Å². The van der Waals surface area contributed by atoms with Gasteiger partial charge in [-0.15, -0.1) is 0 Å². The first-order valence-electron chi connectivity index (χ1n) is 5.62. The van der Waals surface area contributed by atoms with Crippen LogP contribution >= 0.6 is 0 Å². The molecule has 0 radical (unpaired) electrons. The summed E-state index contributed by atoms with van der Waals surface area (Å²) in [4.78, 5) is 0. The smallest absolute Gasteiger partial charge is 0.123 e. The molecule has 1 aromatic carbocycles. The standard InChI is InChI=1S/C13H17FN2O/c1-9(2)13(17)8-16-7-11-5-12(14)4-3-10(11)6-15/h3-5,9,13,16-17H,7-8H2,1-2H3. The maximum Gasteiger partial charge on any atom is 0.123 e. The van der Waals surface area contributed by atoms with Gasteiger partial charge in [-0.05, 0) is 29.7 Å². The normalized spacial score (nSPS) is 12.5. The zero-order chi connectivity index (χ0) is 12.8. The van der Waals surface area contributed by atoms with Gasteiger partial charge in [0.1, 0.15) is 5.82 Å². The fraction of sp³-hybridized carbons (Fsp3) is 0.462. The van der Waals surface area contributed by atoms with E-state index in [2.05, 4.69) is 5.32 Å². The van der Waals surface area contributed by atoms with Crippen LogP contribution in [0.3, 0.4) is 0 Å². The van der Waals surface area contributed by atoms with E-state index in [9.17, 15) is 9.50 Å². The Balaban J connectivity index is 2.57. The quantitative estimate of drug-likeness (QED) is 0.819. The average Bonchev–Trinajstić information content (AvgIpc) is 2.29. The monoisotopic (exact) mass is 236 g/mol. The van der Waals surface area contributed by atoms with Crippen LogP contribution in [0.2, 0.25) is 0 Å². The van der Waals surface area contributed by atoms with Crippen LogP contribution in [0.15, 0.2) is 18.2 Å². The lowest BCUT2D eigenvalue weighted by atomic mass is 10.1. The molecule has 2 N–H and O–H groups in total. The van der Waals surface area contributed by atoms with E-state index in [0.29, 0.717) is 24.2 Å². The Bertz CT molecular complexity index is 412. The molecule has 0 amide bonds. The average molecular weight is 236 g/mol. The highest BCUT2D eigenvalue weighted by molar-refractivity contribution is 5.37. The number of aliphatic hydroxyl groups is 1. The molecule has 1 atom stereocenters. The Morgan fingerprint density at radius 3 is 2.76 bits per heavy atom. The van der Waals surface area contributed by atoms with Crippen LogP contribution in [0.5, 0.6) is 0 Å². The Labute approximate surface area is 101 Å². The highest BCUT2D eigenvalue weighted by Gasteiger charge is 2.09. The van der Waals surface area contributed by atoms with Gasteiger partial charge in [0, 0.05) is 13.1 Å². The number of nitriles is 1. The molecule has 0 saturated heterocycles. The van der Waals surface area contributed by atoms with Crippen molar-refractivity contribution in [2.45, 2.75) is 26.5 Å². The summed E-state index contributed by atoms with van der Waals surface area (Å²) >= 11 is 0. The molecule has 1 unspecified atom stereocenters.